The van der Waals surface area contributed by atoms with Gasteiger partial charge >= 0.3 is 5.97 Å². The zero-order chi connectivity index (χ0) is 16.3. The average molecular weight is 348 g/mol. The lowest BCUT2D eigenvalue weighted by Gasteiger charge is -2.30. The zero-order valence-electron chi connectivity index (χ0n) is 12.6. The molecule has 1 aliphatic rings. The van der Waals surface area contributed by atoms with Crippen LogP contribution in [0.25, 0.3) is 0 Å². The maximum Gasteiger partial charge on any atom is 0.329 e. The zero-order valence-corrected chi connectivity index (χ0v) is 14.2. The Bertz CT molecular complexity index is 633. The smallest absolute Gasteiger partial charge is 0.329 e. The van der Waals surface area contributed by atoms with Gasteiger partial charge in [-0.15, -0.1) is 11.3 Å². The normalized spacial score (nSPS) is 17.7. The number of piperidine rings is 1. The molecule has 7 nitrogen and oxygen atoms in total. The van der Waals surface area contributed by atoms with Gasteiger partial charge in [-0.25, -0.2) is 18.2 Å². The molecule has 0 aromatic carbocycles. The number of hydrogen-bond donors (Lipinski definition) is 1. The van der Waals surface area contributed by atoms with Crippen molar-refractivity contribution in [2.45, 2.75) is 30.9 Å². The number of aliphatic carboxylic acids is 1. The third kappa shape index (κ3) is 4.03. The highest BCUT2D eigenvalue weighted by Crippen LogP contribution is 2.29. The fourth-order valence-electron chi connectivity index (χ4n) is 2.50. The second-order valence-corrected chi connectivity index (χ2v) is 8.70. The van der Waals surface area contributed by atoms with E-state index in [0.717, 1.165) is 5.01 Å². The van der Waals surface area contributed by atoms with E-state index in [4.69, 9.17) is 9.84 Å². The molecule has 0 bridgehead atoms. The van der Waals surface area contributed by atoms with Crippen LogP contribution >= 0.6 is 11.3 Å². The second kappa shape index (κ2) is 7.03. The van der Waals surface area contributed by atoms with Crippen LogP contribution in [0.1, 0.15) is 23.5 Å². The molecule has 0 spiro atoms. The van der Waals surface area contributed by atoms with E-state index in [-0.39, 0.29) is 12.5 Å². The van der Waals surface area contributed by atoms with Gasteiger partial charge in [0.2, 0.25) is 0 Å². The van der Waals surface area contributed by atoms with Gasteiger partial charge in [0.25, 0.3) is 10.0 Å². The molecule has 2 heterocycles. The lowest BCUT2D eigenvalue weighted by molar-refractivity contribution is -0.142. The molecule has 1 fully saturated rings. The largest absolute Gasteiger partial charge is 0.480 e. The summed E-state index contributed by atoms with van der Waals surface area (Å²) in [7, 11) is -3.47. The minimum absolute atomic E-state index is 0.204. The Morgan fingerprint density at radius 2 is 2.05 bits per heavy atom. The number of hydrogen-bond acceptors (Lipinski definition) is 6. The Kier molecular flexibility index (Phi) is 5.54. The van der Waals surface area contributed by atoms with Gasteiger partial charge in [-0.05, 0) is 32.6 Å². The van der Waals surface area contributed by atoms with E-state index in [9.17, 15) is 13.2 Å². The molecule has 0 saturated carbocycles. The van der Waals surface area contributed by atoms with Gasteiger partial charge in [0.05, 0.1) is 17.3 Å². The van der Waals surface area contributed by atoms with E-state index in [2.05, 4.69) is 4.98 Å². The fourth-order valence-corrected chi connectivity index (χ4v) is 5.59. The molecular formula is C13H20N2O5S2. The molecule has 9 heteroatoms. The molecule has 1 aliphatic heterocycles. The molecular weight excluding hydrogens is 328 g/mol. The molecule has 1 N–H and O–H groups in total. The van der Waals surface area contributed by atoms with Crippen molar-refractivity contribution in [2.75, 3.05) is 26.3 Å². The minimum atomic E-state index is -3.47. The summed E-state index contributed by atoms with van der Waals surface area (Å²) in [6, 6.07) is 0. The van der Waals surface area contributed by atoms with Gasteiger partial charge in [-0.3, -0.25) is 0 Å². The summed E-state index contributed by atoms with van der Waals surface area (Å²) in [5.41, 5.74) is 0.550. The van der Waals surface area contributed by atoms with E-state index in [1.807, 2.05) is 0 Å². The summed E-state index contributed by atoms with van der Waals surface area (Å²) in [6.07, 6.45) is 1.35. The van der Waals surface area contributed by atoms with E-state index in [1.165, 1.54) is 15.6 Å². The summed E-state index contributed by atoms with van der Waals surface area (Å²) >= 11 is 1.20. The Balaban J connectivity index is 1.93. The minimum Gasteiger partial charge on any atom is -0.480 e. The first-order valence-corrected chi connectivity index (χ1v) is 9.30. The van der Waals surface area contributed by atoms with Crippen molar-refractivity contribution in [1.82, 2.24) is 9.29 Å². The SMILES string of the molecule is Cc1nc(C)c(S(=O)(=O)N2CCC(COCC(=O)O)CC2)s1. The van der Waals surface area contributed by atoms with Gasteiger partial charge in [0.15, 0.2) is 4.21 Å². The summed E-state index contributed by atoms with van der Waals surface area (Å²) in [6.45, 7) is 4.42. The van der Waals surface area contributed by atoms with Crippen LogP contribution in [0.4, 0.5) is 0 Å². The van der Waals surface area contributed by atoms with Crippen molar-refractivity contribution in [3.05, 3.63) is 10.7 Å². The molecule has 0 unspecified atom stereocenters. The highest BCUT2D eigenvalue weighted by Gasteiger charge is 2.32. The highest BCUT2D eigenvalue weighted by atomic mass is 32.2. The maximum absolute atomic E-state index is 12.6. The van der Waals surface area contributed by atoms with Crippen LogP contribution in [-0.2, 0) is 19.6 Å². The molecule has 22 heavy (non-hydrogen) atoms. The van der Waals surface area contributed by atoms with Gasteiger partial charge in [-0.1, -0.05) is 0 Å². The maximum atomic E-state index is 12.6. The molecule has 1 aromatic rings. The Hall–Kier alpha value is -1.03. The van der Waals surface area contributed by atoms with Crippen LogP contribution < -0.4 is 0 Å². The van der Waals surface area contributed by atoms with Crippen LogP contribution in [0.2, 0.25) is 0 Å². The monoisotopic (exact) mass is 348 g/mol. The molecule has 0 amide bonds. The van der Waals surface area contributed by atoms with Gasteiger partial charge in [0.1, 0.15) is 6.61 Å². The summed E-state index contributed by atoms with van der Waals surface area (Å²) < 4.78 is 32.1. The number of carbonyl (C=O) groups is 1. The average Bonchev–Trinajstić information content (AvgIpc) is 2.78. The first-order valence-electron chi connectivity index (χ1n) is 7.04. The molecule has 0 atom stereocenters. The van der Waals surface area contributed by atoms with Gasteiger partial charge < -0.3 is 9.84 Å². The van der Waals surface area contributed by atoms with Crippen LogP contribution in [0.5, 0.6) is 0 Å². The molecule has 124 valence electrons. The predicted molar refractivity (Wildman–Crippen MR) is 81.5 cm³/mol. The van der Waals surface area contributed by atoms with E-state index >= 15 is 0 Å². The predicted octanol–water partition coefficient (Wildman–Crippen LogP) is 1.26. The lowest BCUT2D eigenvalue weighted by atomic mass is 9.99. The van der Waals surface area contributed by atoms with Crippen molar-refractivity contribution < 1.29 is 23.1 Å². The number of thiazole rings is 1. The number of nitrogens with zero attached hydrogens (tertiary/aromatic N) is 2. The molecule has 0 aliphatic carbocycles. The number of carboxylic acid groups (broad SMARTS) is 1. The number of sulfonamides is 1. The van der Waals surface area contributed by atoms with E-state index < -0.39 is 16.0 Å². The number of aryl methyl sites for hydroxylation is 2. The first kappa shape index (κ1) is 17.3. The van der Waals surface area contributed by atoms with E-state index in [1.54, 1.807) is 13.8 Å². The third-order valence-corrected chi connectivity index (χ3v) is 7.15. The molecule has 0 radical (unpaired) electrons. The Morgan fingerprint density at radius 3 is 2.55 bits per heavy atom. The van der Waals surface area contributed by atoms with Gasteiger partial charge in [-0.2, -0.15) is 4.31 Å². The molecule has 2 rings (SSSR count). The number of aromatic nitrogens is 1. The quantitative estimate of drug-likeness (QED) is 0.831. The number of ether oxygens (including phenoxy) is 1. The topological polar surface area (TPSA) is 96.8 Å². The van der Waals surface area contributed by atoms with Crippen LogP contribution in [-0.4, -0.2) is 55.1 Å². The van der Waals surface area contributed by atoms with Crippen molar-refractivity contribution in [2.24, 2.45) is 5.92 Å². The Morgan fingerprint density at radius 1 is 1.41 bits per heavy atom. The fraction of sp³-hybridized carbons (Fsp3) is 0.692. The number of carboxylic acids is 1. The second-order valence-electron chi connectivity index (χ2n) is 5.36. The van der Waals surface area contributed by atoms with Crippen molar-refractivity contribution in [3.8, 4) is 0 Å². The van der Waals surface area contributed by atoms with Crippen LogP contribution in [0.15, 0.2) is 4.21 Å². The van der Waals surface area contributed by atoms with Crippen molar-refractivity contribution in [1.29, 1.82) is 0 Å². The lowest BCUT2D eigenvalue weighted by Crippen LogP contribution is -2.39. The standard InChI is InChI=1S/C13H20N2O5S2/c1-9-13(21-10(2)14-9)22(18,19)15-5-3-11(4-6-15)7-20-8-12(16)17/h11H,3-8H2,1-2H3,(H,16,17). The first-order chi connectivity index (χ1) is 10.3. The summed E-state index contributed by atoms with van der Waals surface area (Å²) in [5.74, 6) is -0.786. The van der Waals surface area contributed by atoms with Crippen LogP contribution in [0.3, 0.4) is 0 Å². The number of rotatable bonds is 6. The summed E-state index contributed by atoms with van der Waals surface area (Å²) in [5, 5.41) is 9.27. The van der Waals surface area contributed by atoms with Crippen molar-refractivity contribution >= 4 is 27.3 Å². The molecule has 1 aromatic heterocycles. The highest BCUT2D eigenvalue weighted by molar-refractivity contribution is 7.91. The van der Waals surface area contributed by atoms with Crippen molar-refractivity contribution in [3.63, 3.8) is 0 Å². The molecule has 1 saturated heterocycles. The van der Waals surface area contributed by atoms with E-state index in [0.29, 0.717) is 42.4 Å². The Labute approximate surface area is 134 Å². The third-order valence-electron chi connectivity index (χ3n) is 3.59. The van der Waals surface area contributed by atoms with Gasteiger partial charge in [0, 0.05) is 13.1 Å². The summed E-state index contributed by atoms with van der Waals surface area (Å²) in [4.78, 5) is 14.6. The van der Waals surface area contributed by atoms with Crippen LogP contribution in [0, 0.1) is 19.8 Å².